The van der Waals surface area contributed by atoms with Gasteiger partial charge in [0.2, 0.25) is 11.8 Å². The molecule has 0 heterocycles. The third-order valence-corrected chi connectivity index (χ3v) is 8.38. The molecule has 0 aliphatic heterocycles. The second-order valence-electron chi connectivity index (χ2n) is 10.2. The molecule has 0 saturated carbocycles. The standard InChI is InChI=1S/C31H39N3O6S/c1-22(2)19-32-31(36)24(4)33(20-25-8-7-9-28(18-25)40-6)30(35)21-34(26-12-14-27(39-5)15-13-26)41(37,38)29-16-10-23(3)11-17-29/h7-18,22,24H,19-21H2,1-6H3,(H,32,36)/t24-/m1/s1. The predicted molar refractivity (Wildman–Crippen MR) is 160 cm³/mol. The summed E-state index contributed by atoms with van der Waals surface area (Å²) in [5, 5.41) is 2.88. The molecule has 0 saturated heterocycles. The van der Waals surface area contributed by atoms with E-state index in [2.05, 4.69) is 5.32 Å². The first-order valence-corrected chi connectivity index (χ1v) is 14.8. The number of carbonyl (C=O) groups is 2. The summed E-state index contributed by atoms with van der Waals surface area (Å²) in [6.45, 7) is 7.47. The number of aryl methyl sites for hydroxylation is 1. The van der Waals surface area contributed by atoms with E-state index in [0.29, 0.717) is 18.0 Å². The molecule has 220 valence electrons. The van der Waals surface area contributed by atoms with Crippen molar-refractivity contribution in [2.24, 2.45) is 5.92 Å². The molecule has 0 aromatic heterocycles. The van der Waals surface area contributed by atoms with Gasteiger partial charge in [-0.05, 0) is 73.9 Å². The number of anilines is 1. The summed E-state index contributed by atoms with van der Waals surface area (Å²) in [6, 6.07) is 19.2. The Morgan fingerprint density at radius 3 is 2.10 bits per heavy atom. The van der Waals surface area contributed by atoms with Crippen LogP contribution in [0.15, 0.2) is 77.7 Å². The topological polar surface area (TPSA) is 105 Å². The van der Waals surface area contributed by atoms with E-state index >= 15 is 0 Å². The van der Waals surface area contributed by atoms with Crippen molar-refractivity contribution in [2.75, 3.05) is 31.6 Å². The molecule has 0 bridgehead atoms. The van der Waals surface area contributed by atoms with Gasteiger partial charge < -0.3 is 19.7 Å². The summed E-state index contributed by atoms with van der Waals surface area (Å²) < 4.78 is 39.5. The van der Waals surface area contributed by atoms with E-state index in [1.54, 1.807) is 68.6 Å². The Kier molecular flexibility index (Phi) is 10.8. The highest BCUT2D eigenvalue weighted by atomic mass is 32.2. The predicted octanol–water partition coefficient (Wildman–Crippen LogP) is 4.40. The molecule has 0 fully saturated rings. The number of carbonyl (C=O) groups excluding carboxylic acids is 2. The molecule has 0 radical (unpaired) electrons. The van der Waals surface area contributed by atoms with Gasteiger partial charge in [-0.25, -0.2) is 8.42 Å². The number of ether oxygens (including phenoxy) is 2. The average Bonchev–Trinajstić information content (AvgIpc) is 2.97. The monoisotopic (exact) mass is 581 g/mol. The van der Waals surface area contributed by atoms with Gasteiger partial charge in [-0.3, -0.25) is 13.9 Å². The molecule has 0 unspecified atom stereocenters. The number of benzene rings is 3. The second-order valence-corrected chi connectivity index (χ2v) is 12.1. The van der Waals surface area contributed by atoms with Gasteiger partial charge >= 0.3 is 0 Å². The maximum absolute atomic E-state index is 14.0. The molecule has 0 aliphatic carbocycles. The lowest BCUT2D eigenvalue weighted by Crippen LogP contribution is -2.51. The third-order valence-electron chi connectivity index (χ3n) is 6.59. The Labute approximate surface area is 243 Å². The zero-order chi connectivity index (χ0) is 30.2. The summed E-state index contributed by atoms with van der Waals surface area (Å²) in [7, 11) is -1.08. The third kappa shape index (κ3) is 8.23. The molecule has 0 aliphatic rings. The van der Waals surface area contributed by atoms with Crippen LogP contribution in [-0.4, -0.2) is 58.5 Å². The fourth-order valence-electron chi connectivity index (χ4n) is 4.12. The van der Waals surface area contributed by atoms with Gasteiger partial charge in [0.25, 0.3) is 10.0 Å². The fraction of sp³-hybridized carbons (Fsp3) is 0.355. The first-order valence-electron chi connectivity index (χ1n) is 13.4. The molecule has 9 nitrogen and oxygen atoms in total. The van der Waals surface area contributed by atoms with Crippen molar-refractivity contribution in [1.29, 1.82) is 0 Å². The summed E-state index contributed by atoms with van der Waals surface area (Å²) in [5.74, 6) is 0.509. The quantitative estimate of drug-likeness (QED) is 0.321. The summed E-state index contributed by atoms with van der Waals surface area (Å²) >= 11 is 0. The van der Waals surface area contributed by atoms with E-state index in [9.17, 15) is 18.0 Å². The van der Waals surface area contributed by atoms with Crippen molar-refractivity contribution in [2.45, 2.75) is 45.2 Å². The molecule has 0 spiro atoms. The lowest BCUT2D eigenvalue weighted by Gasteiger charge is -2.32. The van der Waals surface area contributed by atoms with Crippen molar-refractivity contribution < 1.29 is 27.5 Å². The van der Waals surface area contributed by atoms with Crippen LogP contribution in [0.1, 0.15) is 31.9 Å². The van der Waals surface area contributed by atoms with E-state index < -0.39 is 28.5 Å². The highest BCUT2D eigenvalue weighted by Crippen LogP contribution is 2.27. The molecule has 3 aromatic carbocycles. The molecule has 3 rings (SSSR count). The van der Waals surface area contributed by atoms with E-state index in [0.717, 1.165) is 15.4 Å². The van der Waals surface area contributed by atoms with Crippen molar-refractivity contribution in [3.05, 3.63) is 83.9 Å². The van der Waals surface area contributed by atoms with Gasteiger partial charge in [-0.15, -0.1) is 0 Å². The molecule has 41 heavy (non-hydrogen) atoms. The van der Waals surface area contributed by atoms with Gasteiger partial charge in [-0.2, -0.15) is 0 Å². The number of methoxy groups -OCH3 is 2. The Bertz CT molecular complexity index is 1420. The van der Waals surface area contributed by atoms with Crippen LogP contribution >= 0.6 is 0 Å². The van der Waals surface area contributed by atoms with Gasteiger partial charge in [0, 0.05) is 13.1 Å². The molecule has 1 atom stereocenters. The summed E-state index contributed by atoms with van der Waals surface area (Å²) in [6.07, 6.45) is 0. The Hall–Kier alpha value is -4.05. The lowest BCUT2D eigenvalue weighted by atomic mass is 10.1. The smallest absolute Gasteiger partial charge is 0.264 e. The van der Waals surface area contributed by atoms with Crippen LogP contribution in [-0.2, 0) is 26.2 Å². The first-order chi connectivity index (χ1) is 19.5. The van der Waals surface area contributed by atoms with Crippen LogP contribution in [0.5, 0.6) is 11.5 Å². The minimum absolute atomic E-state index is 0.0498. The number of sulfonamides is 1. The molecule has 3 aromatic rings. The van der Waals surface area contributed by atoms with Gasteiger partial charge in [-0.1, -0.05) is 43.7 Å². The van der Waals surface area contributed by atoms with E-state index in [1.165, 1.54) is 24.1 Å². The minimum atomic E-state index is -4.15. The Morgan fingerprint density at radius 2 is 1.51 bits per heavy atom. The number of nitrogens with zero attached hydrogens (tertiary/aromatic N) is 2. The highest BCUT2D eigenvalue weighted by molar-refractivity contribution is 7.92. The number of rotatable bonds is 13. The van der Waals surface area contributed by atoms with E-state index in [-0.39, 0.29) is 29.0 Å². The van der Waals surface area contributed by atoms with Crippen LogP contribution < -0.4 is 19.1 Å². The fourth-order valence-corrected chi connectivity index (χ4v) is 5.53. The van der Waals surface area contributed by atoms with Gasteiger partial charge in [0.1, 0.15) is 24.1 Å². The minimum Gasteiger partial charge on any atom is -0.497 e. The van der Waals surface area contributed by atoms with Crippen LogP contribution in [0.25, 0.3) is 0 Å². The summed E-state index contributed by atoms with van der Waals surface area (Å²) in [4.78, 5) is 28.6. The van der Waals surface area contributed by atoms with Crippen molar-refractivity contribution >= 4 is 27.5 Å². The molecule has 10 heteroatoms. The molecule has 1 N–H and O–H groups in total. The van der Waals surface area contributed by atoms with Crippen molar-refractivity contribution in [3.63, 3.8) is 0 Å². The Balaban J connectivity index is 2.02. The van der Waals surface area contributed by atoms with E-state index in [4.69, 9.17) is 9.47 Å². The number of nitrogens with one attached hydrogen (secondary N) is 1. The zero-order valence-corrected chi connectivity index (χ0v) is 25.3. The van der Waals surface area contributed by atoms with E-state index in [1.807, 2.05) is 26.8 Å². The number of amides is 2. The second kappa shape index (κ2) is 14.0. The van der Waals surface area contributed by atoms with Crippen LogP contribution in [0, 0.1) is 12.8 Å². The van der Waals surface area contributed by atoms with Crippen LogP contribution in [0.4, 0.5) is 5.69 Å². The van der Waals surface area contributed by atoms with Gasteiger partial charge in [0.15, 0.2) is 0 Å². The zero-order valence-electron chi connectivity index (χ0n) is 24.5. The highest BCUT2D eigenvalue weighted by Gasteiger charge is 2.32. The van der Waals surface area contributed by atoms with Crippen molar-refractivity contribution in [3.8, 4) is 11.5 Å². The normalized spacial score (nSPS) is 12.0. The SMILES string of the molecule is COc1ccc(N(CC(=O)N(Cc2cccc(OC)c2)[C@H](C)C(=O)NCC(C)C)S(=O)(=O)c2ccc(C)cc2)cc1. The van der Waals surface area contributed by atoms with Crippen LogP contribution in [0.3, 0.4) is 0 Å². The average molecular weight is 582 g/mol. The van der Waals surface area contributed by atoms with Crippen LogP contribution in [0.2, 0.25) is 0 Å². The molecule has 2 amide bonds. The van der Waals surface area contributed by atoms with Gasteiger partial charge in [0.05, 0.1) is 24.8 Å². The first kappa shape index (κ1) is 31.5. The Morgan fingerprint density at radius 1 is 0.878 bits per heavy atom. The maximum atomic E-state index is 14.0. The number of hydrogen-bond donors (Lipinski definition) is 1. The van der Waals surface area contributed by atoms with Crippen molar-refractivity contribution in [1.82, 2.24) is 10.2 Å². The number of hydrogen-bond acceptors (Lipinski definition) is 6. The summed E-state index contributed by atoms with van der Waals surface area (Å²) in [5.41, 5.74) is 1.93. The maximum Gasteiger partial charge on any atom is 0.264 e. The molecular formula is C31H39N3O6S. The molecular weight excluding hydrogens is 542 g/mol. The lowest BCUT2D eigenvalue weighted by molar-refractivity contribution is -0.139. The largest absolute Gasteiger partial charge is 0.497 e.